The monoisotopic (exact) mass is 340 g/mol. The molecule has 1 aromatic rings. The molecule has 0 spiro atoms. The maximum absolute atomic E-state index is 12.2. The van der Waals surface area contributed by atoms with Gasteiger partial charge in [-0.05, 0) is 37.8 Å². The topological polar surface area (TPSA) is 66.5 Å². The molecule has 1 rings (SSSR count). The number of nitrogens with one attached hydrogen (secondary N) is 1. The molecule has 0 radical (unpaired) electrons. The van der Waals surface area contributed by atoms with Gasteiger partial charge in [-0.25, -0.2) is 8.42 Å². The van der Waals surface area contributed by atoms with Crippen LogP contribution in [0.15, 0.2) is 12.1 Å². The third-order valence-corrected chi connectivity index (χ3v) is 4.70. The van der Waals surface area contributed by atoms with Gasteiger partial charge in [0.15, 0.2) is 0 Å². The molecule has 0 aromatic heterocycles. The van der Waals surface area contributed by atoms with Gasteiger partial charge in [-0.1, -0.05) is 31.5 Å². The Labute approximate surface area is 140 Å². The molecule has 0 saturated heterocycles. The van der Waals surface area contributed by atoms with E-state index >= 15 is 0 Å². The summed E-state index contributed by atoms with van der Waals surface area (Å²) in [5.74, 6) is 0.237. The van der Waals surface area contributed by atoms with Crippen molar-refractivity contribution in [1.82, 2.24) is 5.32 Å². The van der Waals surface area contributed by atoms with Crippen molar-refractivity contribution in [3.63, 3.8) is 0 Å². The van der Waals surface area contributed by atoms with Crippen molar-refractivity contribution in [2.45, 2.75) is 41.0 Å². The SMILES string of the molecule is Cc1cc(C)c(N(CCC(=O)NCC(C)C)S(C)(=O)=O)c(C)c1. The van der Waals surface area contributed by atoms with Gasteiger partial charge in [-0.3, -0.25) is 9.10 Å². The van der Waals surface area contributed by atoms with E-state index < -0.39 is 10.0 Å². The second-order valence-electron chi connectivity index (χ2n) is 6.53. The van der Waals surface area contributed by atoms with Crippen molar-refractivity contribution < 1.29 is 13.2 Å². The number of anilines is 1. The minimum atomic E-state index is -3.45. The van der Waals surface area contributed by atoms with Crippen LogP contribution in [0.25, 0.3) is 0 Å². The van der Waals surface area contributed by atoms with E-state index in [4.69, 9.17) is 0 Å². The molecule has 5 nitrogen and oxygen atoms in total. The van der Waals surface area contributed by atoms with Crippen LogP contribution in [0.3, 0.4) is 0 Å². The van der Waals surface area contributed by atoms with Gasteiger partial charge < -0.3 is 5.32 Å². The molecule has 130 valence electrons. The molecular formula is C17H28N2O3S. The minimum absolute atomic E-state index is 0.130. The zero-order valence-electron chi connectivity index (χ0n) is 14.9. The molecule has 0 aliphatic heterocycles. The quantitative estimate of drug-likeness (QED) is 0.829. The van der Waals surface area contributed by atoms with Crippen LogP contribution in [-0.4, -0.2) is 33.7 Å². The van der Waals surface area contributed by atoms with Gasteiger partial charge in [0.25, 0.3) is 0 Å². The predicted octanol–water partition coefficient (Wildman–Crippen LogP) is 2.54. The Bertz CT molecular complexity index is 643. The Balaban J connectivity index is 2.98. The fourth-order valence-corrected chi connectivity index (χ4v) is 3.66. The summed E-state index contributed by atoms with van der Waals surface area (Å²) in [6.45, 7) is 10.5. The highest BCUT2D eigenvalue weighted by Crippen LogP contribution is 2.28. The van der Waals surface area contributed by atoms with Gasteiger partial charge in [0.1, 0.15) is 0 Å². The Morgan fingerprint density at radius 1 is 1.17 bits per heavy atom. The van der Waals surface area contributed by atoms with E-state index in [0.717, 1.165) is 16.7 Å². The standard InChI is InChI=1S/C17H28N2O3S/c1-12(2)11-18-16(20)7-8-19(23(6,21)22)17-14(4)9-13(3)10-15(17)5/h9-10,12H,7-8,11H2,1-6H3,(H,18,20). The molecule has 0 saturated carbocycles. The minimum Gasteiger partial charge on any atom is -0.356 e. The third kappa shape index (κ3) is 5.86. The Morgan fingerprint density at radius 3 is 2.13 bits per heavy atom. The molecule has 0 atom stereocenters. The number of carbonyl (C=O) groups excluding carboxylic acids is 1. The van der Waals surface area contributed by atoms with E-state index in [-0.39, 0.29) is 18.9 Å². The molecule has 0 aliphatic carbocycles. The first-order valence-corrected chi connectivity index (χ1v) is 9.69. The van der Waals surface area contributed by atoms with Gasteiger partial charge in [-0.2, -0.15) is 0 Å². The van der Waals surface area contributed by atoms with Crippen LogP contribution in [0.1, 0.15) is 37.0 Å². The maximum Gasteiger partial charge on any atom is 0.232 e. The summed E-state index contributed by atoms with van der Waals surface area (Å²) < 4.78 is 25.7. The van der Waals surface area contributed by atoms with Crippen LogP contribution >= 0.6 is 0 Å². The number of hydrogen-bond acceptors (Lipinski definition) is 3. The molecule has 1 aromatic carbocycles. The van der Waals surface area contributed by atoms with Crippen molar-refractivity contribution in [3.8, 4) is 0 Å². The molecule has 6 heteroatoms. The first kappa shape index (κ1) is 19.5. The number of nitrogens with zero attached hydrogens (tertiary/aromatic N) is 1. The summed E-state index contributed by atoms with van der Waals surface area (Å²) in [6.07, 6.45) is 1.32. The maximum atomic E-state index is 12.2. The largest absolute Gasteiger partial charge is 0.356 e. The molecule has 0 aliphatic rings. The van der Waals surface area contributed by atoms with E-state index in [2.05, 4.69) is 5.32 Å². The van der Waals surface area contributed by atoms with Crippen LogP contribution in [0.4, 0.5) is 5.69 Å². The summed E-state index contributed by atoms with van der Waals surface area (Å²) in [5.41, 5.74) is 3.56. The van der Waals surface area contributed by atoms with Crippen LogP contribution in [0.5, 0.6) is 0 Å². The number of carbonyl (C=O) groups is 1. The number of aryl methyl sites for hydroxylation is 3. The van der Waals surface area contributed by atoms with E-state index in [1.807, 2.05) is 46.8 Å². The zero-order valence-corrected chi connectivity index (χ0v) is 15.8. The molecule has 0 unspecified atom stereocenters. The summed E-state index contributed by atoms with van der Waals surface area (Å²) in [4.78, 5) is 11.9. The molecular weight excluding hydrogens is 312 g/mol. The van der Waals surface area contributed by atoms with Crippen LogP contribution in [0, 0.1) is 26.7 Å². The average molecular weight is 340 g/mol. The highest BCUT2D eigenvalue weighted by Gasteiger charge is 2.22. The Morgan fingerprint density at radius 2 is 1.70 bits per heavy atom. The van der Waals surface area contributed by atoms with Crippen molar-refractivity contribution in [2.75, 3.05) is 23.7 Å². The van der Waals surface area contributed by atoms with Crippen molar-refractivity contribution in [1.29, 1.82) is 0 Å². The third-order valence-electron chi connectivity index (χ3n) is 3.53. The molecule has 0 bridgehead atoms. The number of benzene rings is 1. The highest BCUT2D eigenvalue weighted by molar-refractivity contribution is 7.92. The molecule has 1 amide bonds. The lowest BCUT2D eigenvalue weighted by Crippen LogP contribution is -2.36. The number of sulfonamides is 1. The smallest absolute Gasteiger partial charge is 0.232 e. The van der Waals surface area contributed by atoms with E-state index in [1.54, 1.807) is 0 Å². The van der Waals surface area contributed by atoms with Crippen molar-refractivity contribution >= 4 is 21.6 Å². The molecule has 23 heavy (non-hydrogen) atoms. The van der Waals surface area contributed by atoms with Gasteiger partial charge in [0.05, 0.1) is 11.9 Å². The van der Waals surface area contributed by atoms with Crippen molar-refractivity contribution in [3.05, 3.63) is 28.8 Å². The van der Waals surface area contributed by atoms with E-state index in [0.29, 0.717) is 18.2 Å². The average Bonchev–Trinajstić information content (AvgIpc) is 2.37. The number of rotatable bonds is 7. The van der Waals surface area contributed by atoms with Gasteiger partial charge in [-0.15, -0.1) is 0 Å². The first-order valence-electron chi connectivity index (χ1n) is 7.84. The number of hydrogen-bond donors (Lipinski definition) is 1. The summed E-state index contributed by atoms with van der Waals surface area (Å²) in [7, 11) is -3.45. The second kappa shape index (κ2) is 7.81. The van der Waals surface area contributed by atoms with E-state index in [1.165, 1.54) is 10.6 Å². The normalized spacial score (nSPS) is 11.6. The number of amides is 1. The Hall–Kier alpha value is -1.56. The summed E-state index contributed by atoms with van der Waals surface area (Å²) in [6, 6.07) is 3.92. The lowest BCUT2D eigenvalue weighted by atomic mass is 10.1. The zero-order chi connectivity index (χ0) is 17.8. The predicted molar refractivity (Wildman–Crippen MR) is 95.3 cm³/mol. The molecule has 1 N–H and O–H groups in total. The molecule has 0 heterocycles. The fraction of sp³-hybridized carbons (Fsp3) is 0.588. The Kier molecular flexibility index (Phi) is 6.62. The van der Waals surface area contributed by atoms with Gasteiger partial charge in [0, 0.05) is 19.5 Å². The van der Waals surface area contributed by atoms with Crippen LogP contribution < -0.4 is 9.62 Å². The first-order chi connectivity index (χ1) is 10.5. The summed E-state index contributed by atoms with van der Waals surface area (Å²) >= 11 is 0. The molecule has 0 fully saturated rings. The van der Waals surface area contributed by atoms with E-state index in [9.17, 15) is 13.2 Å². The van der Waals surface area contributed by atoms with Gasteiger partial charge in [0.2, 0.25) is 15.9 Å². The lowest BCUT2D eigenvalue weighted by molar-refractivity contribution is -0.121. The lowest BCUT2D eigenvalue weighted by Gasteiger charge is -2.26. The van der Waals surface area contributed by atoms with Gasteiger partial charge >= 0.3 is 0 Å². The summed E-state index contributed by atoms with van der Waals surface area (Å²) in [5, 5.41) is 2.82. The highest BCUT2D eigenvalue weighted by atomic mass is 32.2. The fourth-order valence-electron chi connectivity index (χ4n) is 2.62. The van der Waals surface area contributed by atoms with Crippen LogP contribution in [-0.2, 0) is 14.8 Å². The van der Waals surface area contributed by atoms with Crippen molar-refractivity contribution in [2.24, 2.45) is 5.92 Å². The second-order valence-corrected chi connectivity index (χ2v) is 8.44. The van der Waals surface area contributed by atoms with Crippen LogP contribution in [0.2, 0.25) is 0 Å².